The van der Waals surface area contributed by atoms with E-state index < -0.39 is 0 Å². The van der Waals surface area contributed by atoms with Crippen LogP contribution in [0.25, 0.3) is 0 Å². The number of quaternary nitrogens is 1. The van der Waals surface area contributed by atoms with Crippen LogP contribution in [0.1, 0.15) is 0 Å². The molecule has 1 rings (SSSR count). The third kappa shape index (κ3) is 1.84. The van der Waals surface area contributed by atoms with Crippen molar-refractivity contribution >= 4 is 19.0 Å². The van der Waals surface area contributed by atoms with E-state index in [1.54, 1.807) is 0 Å². The van der Waals surface area contributed by atoms with E-state index in [1.807, 2.05) is 0 Å². The Kier molecular flexibility index (Phi) is 2.05. The van der Waals surface area contributed by atoms with Crippen molar-refractivity contribution < 1.29 is 0 Å². The fourth-order valence-electron chi connectivity index (χ4n) is 1.32. The zero-order valence-corrected chi connectivity index (χ0v) is 7.76. The molecule has 0 aliphatic rings. The smallest absolute Gasteiger partial charge is 0.147 e. The molecule has 58 valence electrons. The summed E-state index contributed by atoms with van der Waals surface area (Å²) in [6.45, 7) is 0. The molecule has 1 aromatic rings. The lowest BCUT2D eigenvalue weighted by molar-refractivity contribution is 0.489. The molecule has 0 bridgehead atoms. The molecule has 1 nitrogen and oxygen atoms in total. The first-order valence-corrected chi connectivity index (χ1v) is 3.89. The van der Waals surface area contributed by atoms with Crippen LogP contribution in [0, 0.1) is 0 Å². The minimum Gasteiger partial charge on any atom is -0.299 e. The van der Waals surface area contributed by atoms with Gasteiger partial charge < -0.3 is 0 Å². The summed E-state index contributed by atoms with van der Waals surface area (Å²) in [5, 5.41) is 0. The average Bonchev–Trinajstić information content (AvgIpc) is 1.86. The van der Waals surface area contributed by atoms with Crippen LogP contribution in [0.15, 0.2) is 24.3 Å². The molecule has 0 aromatic heterocycles. The lowest BCUT2D eigenvalue weighted by Gasteiger charge is -2.25. The Morgan fingerprint density at radius 2 is 1.64 bits per heavy atom. The Bertz CT molecular complexity index is 250. The number of nitrogens with zero attached hydrogens (tertiary/aromatic N) is 1. The molecule has 0 saturated heterocycles. The summed E-state index contributed by atoms with van der Waals surface area (Å²) in [7, 11) is 8.70. The van der Waals surface area contributed by atoms with Crippen LogP contribution in [0.3, 0.4) is 0 Å². The van der Waals surface area contributed by atoms with Crippen LogP contribution in [0.2, 0.25) is 0 Å². The second kappa shape index (κ2) is 2.70. The van der Waals surface area contributed by atoms with E-state index in [1.165, 1.54) is 11.2 Å². The molecule has 0 amide bonds. The SMILES string of the molecule is Bc1ccccc1[N+](C)(C)C. The number of para-hydroxylation sites is 1. The molecule has 11 heavy (non-hydrogen) atoms. The standard InChI is InChI=1S/C9H15BN/c1-11(2,3)9-7-5-4-6-8(9)10/h4-7H,10H2,1-3H3/q+1. The van der Waals surface area contributed by atoms with E-state index in [2.05, 4.69) is 53.3 Å². The van der Waals surface area contributed by atoms with E-state index >= 15 is 0 Å². The summed E-state index contributed by atoms with van der Waals surface area (Å²) < 4.78 is 0.896. The van der Waals surface area contributed by atoms with Crippen LogP contribution < -0.4 is 9.95 Å². The van der Waals surface area contributed by atoms with Gasteiger partial charge in [0.25, 0.3) is 0 Å². The van der Waals surface area contributed by atoms with Gasteiger partial charge in [-0.2, -0.15) is 0 Å². The summed E-state index contributed by atoms with van der Waals surface area (Å²) in [4.78, 5) is 0. The molecule has 0 spiro atoms. The van der Waals surface area contributed by atoms with Gasteiger partial charge in [-0.25, -0.2) is 0 Å². The zero-order valence-electron chi connectivity index (χ0n) is 7.76. The summed E-state index contributed by atoms with van der Waals surface area (Å²) in [5.74, 6) is 0. The van der Waals surface area contributed by atoms with Crippen molar-refractivity contribution in [1.29, 1.82) is 0 Å². The summed E-state index contributed by atoms with van der Waals surface area (Å²) >= 11 is 0. The minimum atomic E-state index is 0.896. The first-order chi connectivity index (χ1) is 5.02. The van der Waals surface area contributed by atoms with E-state index in [0.717, 1.165) is 4.48 Å². The lowest BCUT2D eigenvalue weighted by Crippen LogP contribution is -2.38. The predicted molar refractivity (Wildman–Crippen MR) is 54.2 cm³/mol. The van der Waals surface area contributed by atoms with Gasteiger partial charge in [0.05, 0.1) is 21.1 Å². The third-order valence-electron chi connectivity index (χ3n) is 1.84. The van der Waals surface area contributed by atoms with Crippen LogP contribution in [-0.4, -0.2) is 29.0 Å². The van der Waals surface area contributed by atoms with Gasteiger partial charge in [-0.15, -0.1) is 0 Å². The van der Waals surface area contributed by atoms with Gasteiger partial charge >= 0.3 is 0 Å². The fourth-order valence-corrected chi connectivity index (χ4v) is 1.32. The topological polar surface area (TPSA) is 0 Å². The van der Waals surface area contributed by atoms with Crippen molar-refractivity contribution in [3.63, 3.8) is 0 Å². The molecular weight excluding hydrogens is 133 g/mol. The van der Waals surface area contributed by atoms with Crippen molar-refractivity contribution in [3.05, 3.63) is 24.3 Å². The van der Waals surface area contributed by atoms with E-state index in [4.69, 9.17) is 0 Å². The molecule has 0 aliphatic carbocycles. The van der Waals surface area contributed by atoms with Gasteiger partial charge in [0.1, 0.15) is 13.5 Å². The fraction of sp³-hybridized carbons (Fsp3) is 0.333. The average molecular weight is 148 g/mol. The molecule has 0 heterocycles. The molecule has 0 radical (unpaired) electrons. The Hall–Kier alpha value is -0.755. The quantitative estimate of drug-likeness (QED) is 0.392. The van der Waals surface area contributed by atoms with E-state index in [9.17, 15) is 0 Å². The molecule has 0 saturated carbocycles. The van der Waals surface area contributed by atoms with Gasteiger partial charge in [-0.05, 0) is 11.5 Å². The Balaban J connectivity index is 3.14. The highest BCUT2D eigenvalue weighted by molar-refractivity contribution is 6.35. The number of hydrogen-bond acceptors (Lipinski definition) is 0. The number of hydrogen-bond donors (Lipinski definition) is 0. The van der Waals surface area contributed by atoms with Crippen molar-refractivity contribution in [2.75, 3.05) is 21.1 Å². The molecule has 0 unspecified atom stereocenters. The normalized spacial score (nSPS) is 11.5. The van der Waals surface area contributed by atoms with Crippen LogP contribution in [0.5, 0.6) is 0 Å². The second-order valence-electron chi connectivity index (χ2n) is 3.80. The molecule has 0 aliphatic heterocycles. The highest BCUT2D eigenvalue weighted by atomic mass is 15.3. The summed E-state index contributed by atoms with van der Waals surface area (Å²) in [6, 6.07) is 8.49. The summed E-state index contributed by atoms with van der Waals surface area (Å²) in [6.07, 6.45) is 0. The monoisotopic (exact) mass is 148 g/mol. The largest absolute Gasteiger partial charge is 0.299 e. The van der Waals surface area contributed by atoms with Gasteiger partial charge in [0.2, 0.25) is 0 Å². The molecular formula is C9H15BN+. The van der Waals surface area contributed by atoms with Gasteiger partial charge in [-0.1, -0.05) is 18.2 Å². The van der Waals surface area contributed by atoms with Crippen LogP contribution in [0.4, 0.5) is 5.69 Å². The molecule has 0 fully saturated rings. The minimum absolute atomic E-state index is 0.896. The number of benzene rings is 1. The third-order valence-corrected chi connectivity index (χ3v) is 1.84. The maximum absolute atomic E-state index is 2.18. The first kappa shape index (κ1) is 8.34. The Morgan fingerprint density at radius 1 is 1.09 bits per heavy atom. The van der Waals surface area contributed by atoms with Crippen LogP contribution >= 0.6 is 0 Å². The second-order valence-corrected chi connectivity index (χ2v) is 3.80. The highest BCUT2D eigenvalue weighted by Gasteiger charge is 2.12. The first-order valence-electron chi connectivity index (χ1n) is 3.89. The highest BCUT2D eigenvalue weighted by Crippen LogP contribution is 2.11. The van der Waals surface area contributed by atoms with Crippen molar-refractivity contribution in [2.45, 2.75) is 0 Å². The molecule has 0 N–H and O–H groups in total. The lowest BCUT2D eigenvalue weighted by atomic mass is 9.93. The Morgan fingerprint density at radius 3 is 2.00 bits per heavy atom. The zero-order chi connectivity index (χ0) is 8.48. The van der Waals surface area contributed by atoms with E-state index in [0.29, 0.717) is 0 Å². The molecule has 1 aromatic carbocycles. The predicted octanol–water partition coefficient (Wildman–Crippen LogP) is 0.142. The van der Waals surface area contributed by atoms with Crippen molar-refractivity contribution in [2.24, 2.45) is 0 Å². The van der Waals surface area contributed by atoms with Gasteiger partial charge in [0, 0.05) is 0 Å². The maximum atomic E-state index is 2.18. The van der Waals surface area contributed by atoms with Gasteiger partial charge in [0.15, 0.2) is 0 Å². The van der Waals surface area contributed by atoms with Crippen molar-refractivity contribution in [3.8, 4) is 0 Å². The van der Waals surface area contributed by atoms with Crippen LogP contribution in [-0.2, 0) is 0 Å². The Labute approximate surface area is 69.6 Å². The molecule has 0 atom stereocenters. The maximum Gasteiger partial charge on any atom is 0.147 e. The van der Waals surface area contributed by atoms with E-state index in [-0.39, 0.29) is 0 Å². The summed E-state index contributed by atoms with van der Waals surface area (Å²) in [5.41, 5.74) is 2.74. The molecule has 2 heteroatoms. The number of rotatable bonds is 1. The van der Waals surface area contributed by atoms with Gasteiger partial charge in [-0.3, -0.25) is 4.48 Å². The van der Waals surface area contributed by atoms with Crippen molar-refractivity contribution in [1.82, 2.24) is 4.48 Å².